The third-order valence-corrected chi connectivity index (χ3v) is 27.4. The smallest absolute Gasteiger partial charge is 0.537 e. The average molecular weight is 1750 g/mol. The zero-order chi connectivity index (χ0) is 87.7. The fourth-order valence-corrected chi connectivity index (χ4v) is 21.3. The molecule has 0 spiro atoms. The molecule has 0 atom stereocenters. The maximum Gasteiger partial charge on any atom is 0.569 e. The van der Waals surface area contributed by atoms with Crippen molar-refractivity contribution in [3.05, 3.63) is 430 Å². The van der Waals surface area contributed by atoms with Crippen molar-refractivity contribution in [2.24, 2.45) is 0 Å². The number of furan rings is 2. The van der Waals surface area contributed by atoms with Crippen LogP contribution >= 0.6 is 34.3 Å². The van der Waals surface area contributed by atoms with E-state index in [2.05, 4.69) is 338 Å². The molecule has 1 radical (unpaired) electrons. The first-order valence-electron chi connectivity index (χ1n) is 43.6. The molecule has 1 N–H and O–H groups in total. The summed E-state index contributed by atoms with van der Waals surface area (Å²) in [7, 11) is 0.689. The summed E-state index contributed by atoms with van der Waals surface area (Å²) < 4.78 is 23.1. The van der Waals surface area contributed by atoms with Crippen LogP contribution in [-0.4, -0.2) is 42.6 Å². The molecule has 26 aromatic rings. The number of benzene rings is 20. The first kappa shape index (κ1) is 79.0. The van der Waals surface area contributed by atoms with Gasteiger partial charge in [0.05, 0.1) is 0 Å². The predicted octanol–water partition coefficient (Wildman–Crippen LogP) is 32.5. The third-order valence-electron chi connectivity index (χ3n) is 24.8. The molecule has 0 aliphatic carbocycles. The van der Waals surface area contributed by atoms with Gasteiger partial charge in [0.2, 0.25) is 5.28 Å². The molecule has 0 saturated heterocycles. The molecule has 10 nitrogen and oxygen atoms in total. The van der Waals surface area contributed by atoms with E-state index in [1.54, 1.807) is 6.07 Å². The Labute approximate surface area is 771 Å². The molecule has 0 fully saturated rings. The van der Waals surface area contributed by atoms with Gasteiger partial charge in [0.1, 0.15) is 28.1 Å². The number of nitrogens with zero attached hydrogens (tertiary/aromatic N) is 6. The van der Waals surface area contributed by atoms with Crippen molar-refractivity contribution in [2.75, 3.05) is 0 Å². The standard InChI is InChI=1S/C59H35N3OS.C37H22ClN3S.C22H14BO3/c1-4-15-36(16-5-1)39-23-14-24-40(31-39)47-32-41-21-11-13-26-46(41)54-50-35-44(28-30-52(50)64-56(47)54)59-61-57(38-19-8-3-9-20-38)60-58(62-59)43-27-29-51-48(34-43)49-33-42-22-10-12-25-45(42)53(55(49)63-51)37-17-6-2-7-18-37;38-37-40-35(24-12-5-2-6-13-24)39-36(41-37)28-18-19-32-31(22-28)33-29-17-8-7-14-27(29)21-30(34(33)42-32)26-16-9-15-25(20-26)23-10-3-1-4-11-23;24-23-26-16-10-11-20-18(13-16)19-12-15-8-4-5-9-17(15)21(22(19)25-20)14-6-2-1-3-7-14/h1-35H;1-22H;1-13,24H. The summed E-state index contributed by atoms with van der Waals surface area (Å²) in [4.78, 5) is 29.3. The number of hydrogen-bond donors (Lipinski definition) is 1. The molecule has 132 heavy (non-hydrogen) atoms. The van der Waals surface area contributed by atoms with E-state index >= 15 is 0 Å². The molecule has 0 bridgehead atoms. The van der Waals surface area contributed by atoms with Crippen molar-refractivity contribution in [3.8, 4) is 129 Å². The van der Waals surface area contributed by atoms with Gasteiger partial charge >= 0.3 is 7.69 Å². The topological polar surface area (TPSA) is 133 Å². The molecule has 6 aromatic heterocycles. The summed E-state index contributed by atoms with van der Waals surface area (Å²) in [6.45, 7) is 0. The zero-order valence-electron chi connectivity index (χ0n) is 70.5. The molecule has 0 aliphatic rings. The minimum absolute atomic E-state index is 0.181. The monoisotopic (exact) mass is 1750 g/mol. The first-order valence-corrected chi connectivity index (χ1v) is 45.6. The second-order valence-electron chi connectivity index (χ2n) is 32.7. The van der Waals surface area contributed by atoms with E-state index in [1.165, 1.54) is 106 Å². The van der Waals surface area contributed by atoms with Gasteiger partial charge in [-0.1, -0.05) is 315 Å². The minimum Gasteiger partial charge on any atom is -0.537 e. The summed E-state index contributed by atoms with van der Waals surface area (Å²) in [6, 6.07) is 148. The van der Waals surface area contributed by atoms with Gasteiger partial charge < -0.3 is 18.5 Å². The zero-order valence-corrected chi connectivity index (χ0v) is 72.9. The van der Waals surface area contributed by atoms with Gasteiger partial charge in [0, 0.05) is 112 Å². The molecule has 26 rings (SSSR count). The van der Waals surface area contributed by atoms with E-state index in [4.69, 9.17) is 50.0 Å². The minimum atomic E-state index is 0.181. The number of rotatable bonds is 13. The summed E-state index contributed by atoms with van der Waals surface area (Å²) in [5, 5.41) is 27.5. The van der Waals surface area contributed by atoms with Crippen molar-refractivity contribution < 1.29 is 18.5 Å². The Balaban J connectivity index is 0.000000121. The largest absolute Gasteiger partial charge is 0.569 e. The average Bonchev–Trinajstić information content (AvgIpc) is 1.59. The van der Waals surface area contributed by atoms with Crippen LogP contribution in [0, 0.1) is 0 Å². The van der Waals surface area contributed by atoms with Gasteiger partial charge in [-0.3, -0.25) is 0 Å². The highest BCUT2D eigenvalue weighted by Crippen LogP contribution is 2.51. The molecule has 0 aliphatic heterocycles. The highest BCUT2D eigenvalue weighted by molar-refractivity contribution is 7.27. The Morgan fingerprint density at radius 1 is 0.242 bits per heavy atom. The fraction of sp³-hybridized carbons (Fsp3) is 0. The summed E-state index contributed by atoms with van der Waals surface area (Å²) >= 11 is 10.1. The van der Waals surface area contributed by atoms with Crippen LogP contribution in [0.25, 0.3) is 251 Å². The van der Waals surface area contributed by atoms with Crippen LogP contribution in [0.1, 0.15) is 0 Å². The van der Waals surface area contributed by atoms with Crippen molar-refractivity contribution in [3.63, 3.8) is 0 Å². The van der Waals surface area contributed by atoms with Crippen LogP contribution in [0.5, 0.6) is 5.75 Å². The lowest BCUT2D eigenvalue weighted by Gasteiger charge is -2.10. The van der Waals surface area contributed by atoms with Crippen molar-refractivity contribution in [1.82, 2.24) is 29.9 Å². The SMILES string of the molecule is Clc1nc(-c2ccccc2)nc(-c2ccc3sc4c(-c5cccc(-c6ccccc6)c5)cc5ccccc5c4c3c2)n1.O[B]Oc1ccc2oc3c(-c4ccccc4)c4ccccc4cc3c2c1.c1ccc(-c2cccc(-c3cc4ccccc4c4c3sc3ccc(-c5nc(-c6ccccc6)nc(-c6ccc7oc8c(-c9ccccc9)c9ccccc9cc8c7c6)n5)cc34)c2)cc1. The van der Waals surface area contributed by atoms with E-state index in [0.29, 0.717) is 42.6 Å². The highest BCUT2D eigenvalue weighted by atomic mass is 35.5. The van der Waals surface area contributed by atoms with E-state index in [9.17, 15) is 0 Å². The van der Waals surface area contributed by atoms with Crippen molar-refractivity contribution >= 4 is 169 Å². The van der Waals surface area contributed by atoms with E-state index < -0.39 is 0 Å². The number of aromatic nitrogens is 6. The molecular formula is C118H71BClN6O4S2. The lowest BCUT2D eigenvalue weighted by Crippen LogP contribution is -2.00. The Hall–Kier alpha value is -16.4. The number of fused-ring (bicyclic) bond motifs is 18. The van der Waals surface area contributed by atoms with Crippen molar-refractivity contribution in [1.29, 1.82) is 0 Å². The summed E-state index contributed by atoms with van der Waals surface area (Å²) in [5.41, 5.74) is 22.0. The number of halogens is 1. The third kappa shape index (κ3) is 14.6. The molecule has 14 heteroatoms. The van der Waals surface area contributed by atoms with Crippen LogP contribution in [0.15, 0.2) is 433 Å². The maximum absolute atomic E-state index is 8.92. The summed E-state index contributed by atoms with van der Waals surface area (Å²) in [5.74, 6) is 3.53. The molecule has 619 valence electrons. The number of hydrogen-bond acceptors (Lipinski definition) is 12. The van der Waals surface area contributed by atoms with Gasteiger partial charge in [-0.25, -0.2) is 19.9 Å². The molecule has 0 saturated carbocycles. The molecular weight excluding hydrogens is 1680 g/mol. The van der Waals surface area contributed by atoms with E-state index in [-0.39, 0.29) is 5.28 Å². The van der Waals surface area contributed by atoms with Crippen LogP contribution in [0.4, 0.5) is 0 Å². The van der Waals surface area contributed by atoms with Crippen LogP contribution in [-0.2, 0) is 0 Å². The van der Waals surface area contributed by atoms with Crippen LogP contribution < -0.4 is 4.65 Å². The van der Waals surface area contributed by atoms with E-state index in [1.807, 2.05) is 114 Å². The lowest BCUT2D eigenvalue weighted by molar-refractivity contribution is 0.454. The molecule has 0 unspecified atom stereocenters. The molecule has 6 heterocycles. The molecule has 20 aromatic carbocycles. The van der Waals surface area contributed by atoms with Crippen LogP contribution in [0.3, 0.4) is 0 Å². The predicted molar refractivity (Wildman–Crippen MR) is 550 cm³/mol. The van der Waals surface area contributed by atoms with Gasteiger partial charge in [-0.15, -0.1) is 22.7 Å². The fourth-order valence-electron chi connectivity index (χ4n) is 18.7. The highest BCUT2D eigenvalue weighted by Gasteiger charge is 2.25. The Bertz CT molecular complexity index is 9010. The van der Waals surface area contributed by atoms with Gasteiger partial charge in [0.15, 0.2) is 29.1 Å². The second-order valence-corrected chi connectivity index (χ2v) is 35.2. The Morgan fingerprint density at radius 3 is 1.00 bits per heavy atom. The normalized spacial score (nSPS) is 11.6. The van der Waals surface area contributed by atoms with Crippen LogP contribution in [0.2, 0.25) is 5.28 Å². The van der Waals surface area contributed by atoms with Gasteiger partial charge in [-0.2, -0.15) is 9.97 Å². The van der Waals surface area contributed by atoms with Crippen molar-refractivity contribution in [2.45, 2.75) is 0 Å². The first-order chi connectivity index (χ1) is 65.3. The van der Waals surface area contributed by atoms with Gasteiger partial charge in [0.25, 0.3) is 0 Å². The lowest BCUT2D eigenvalue weighted by atomic mass is 9.94. The Kier molecular flexibility index (Phi) is 20.2. The quantitative estimate of drug-likeness (QED) is 0.111. The second kappa shape index (κ2) is 33.7. The number of thiophene rings is 2. The molecule has 0 amide bonds. The van der Waals surface area contributed by atoms with Gasteiger partial charge in [-0.05, 0) is 208 Å². The van der Waals surface area contributed by atoms with E-state index in [0.717, 1.165) is 115 Å². The summed E-state index contributed by atoms with van der Waals surface area (Å²) in [6.07, 6.45) is 0. The maximum atomic E-state index is 8.92. The Morgan fingerprint density at radius 2 is 0.568 bits per heavy atom.